The summed E-state index contributed by atoms with van der Waals surface area (Å²) in [6, 6.07) is 11.3. The molecule has 0 unspecified atom stereocenters. The van der Waals surface area contributed by atoms with E-state index >= 15 is 0 Å². The Hall–Kier alpha value is -1.74. The summed E-state index contributed by atoms with van der Waals surface area (Å²) in [6.07, 6.45) is 2.78. The zero-order chi connectivity index (χ0) is 19.6. The van der Waals surface area contributed by atoms with E-state index in [9.17, 15) is 4.79 Å². The first-order valence-corrected chi connectivity index (χ1v) is 10.5. The van der Waals surface area contributed by atoms with Crippen LogP contribution in [0.3, 0.4) is 0 Å². The number of rotatable bonds is 5. The molecule has 3 rings (SSSR count). The van der Waals surface area contributed by atoms with Gasteiger partial charge in [-0.2, -0.15) is 9.78 Å². The second-order valence-electron chi connectivity index (χ2n) is 6.21. The van der Waals surface area contributed by atoms with Gasteiger partial charge in [-0.1, -0.05) is 22.9 Å². The molecular formula is C20H19BrIN3O2. The molecule has 27 heavy (non-hydrogen) atoms. The maximum atomic E-state index is 12.8. The van der Waals surface area contributed by atoms with Crippen LogP contribution >= 0.6 is 38.5 Å². The molecule has 0 N–H and O–H groups in total. The van der Waals surface area contributed by atoms with E-state index in [0.717, 1.165) is 25.8 Å². The highest BCUT2D eigenvalue weighted by atomic mass is 127. The standard InChI is InChI=1S/C20H19BrIN3O2/c1-4-12(2)27-19-8-5-14(9-17(19)22)11-23-25-13(3)24-18-7-6-15(21)10-16(18)20(25)26/h5-12H,4H2,1-3H3/t12-/m1/s1. The number of fused-ring (bicyclic) bond motifs is 1. The first kappa shape index (κ1) is 20.0. The van der Waals surface area contributed by atoms with Crippen molar-refractivity contribution in [2.75, 3.05) is 0 Å². The molecule has 0 aliphatic heterocycles. The molecule has 1 aromatic heterocycles. The van der Waals surface area contributed by atoms with Crippen LogP contribution in [0.4, 0.5) is 0 Å². The lowest BCUT2D eigenvalue weighted by Gasteiger charge is -2.14. The van der Waals surface area contributed by atoms with Crippen LogP contribution in [0.15, 0.2) is 50.8 Å². The Balaban J connectivity index is 1.94. The lowest BCUT2D eigenvalue weighted by atomic mass is 10.2. The number of aryl methyl sites for hydroxylation is 1. The summed E-state index contributed by atoms with van der Waals surface area (Å²) in [4.78, 5) is 17.2. The van der Waals surface area contributed by atoms with Crippen LogP contribution in [-0.4, -0.2) is 22.0 Å². The normalized spacial score (nSPS) is 12.6. The van der Waals surface area contributed by atoms with Crippen molar-refractivity contribution in [1.29, 1.82) is 0 Å². The van der Waals surface area contributed by atoms with Crippen molar-refractivity contribution in [2.24, 2.45) is 5.10 Å². The summed E-state index contributed by atoms with van der Waals surface area (Å²) in [5.41, 5.74) is 1.35. The van der Waals surface area contributed by atoms with E-state index in [1.807, 2.05) is 37.3 Å². The molecule has 5 nitrogen and oxygen atoms in total. The van der Waals surface area contributed by atoms with Gasteiger partial charge < -0.3 is 4.74 Å². The molecule has 0 saturated carbocycles. The van der Waals surface area contributed by atoms with Crippen molar-refractivity contribution >= 4 is 55.6 Å². The Morgan fingerprint density at radius 2 is 2.11 bits per heavy atom. The van der Waals surface area contributed by atoms with E-state index in [1.54, 1.807) is 19.2 Å². The van der Waals surface area contributed by atoms with Crippen molar-refractivity contribution < 1.29 is 4.74 Å². The predicted octanol–water partition coefficient (Wildman–Crippen LogP) is 5.13. The zero-order valence-corrected chi connectivity index (χ0v) is 19.0. The lowest BCUT2D eigenvalue weighted by molar-refractivity contribution is 0.216. The van der Waals surface area contributed by atoms with Gasteiger partial charge in [-0.05, 0) is 84.8 Å². The number of ether oxygens (including phenoxy) is 1. The fourth-order valence-corrected chi connectivity index (χ4v) is 3.54. The summed E-state index contributed by atoms with van der Waals surface area (Å²) < 4.78 is 9.05. The number of benzene rings is 2. The van der Waals surface area contributed by atoms with Crippen molar-refractivity contribution in [2.45, 2.75) is 33.3 Å². The minimum Gasteiger partial charge on any atom is -0.490 e. The highest BCUT2D eigenvalue weighted by Crippen LogP contribution is 2.23. The van der Waals surface area contributed by atoms with Gasteiger partial charge in [0, 0.05) is 4.47 Å². The average molecular weight is 540 g/mol. The monoisotopic (exact) mass is 539 g/mol. The minimum absolute atomic E-state index is 0.169. The van der Waals surface area contributed by atoms with E-state index in [4.69, 9.17) is 4.74 Å². The van der Waals surface area contributed by atoms with Crippen molar-refractivity contribution in [3.63, 3.8) is 0 Å². The second kappa shape index (κ2) is 8.52. The van der Waals surface area contributed by atoms with E-state index in [1.165, 1.54) is 4.68 Å². The molecule has 2 aromatic carbocycles. The Kier molecular flexibility index (Phi) is 6.31. The van der Waals surface area contributed by atoms with Crippen molar-refractivity contribution in [3.05, 3.63) is 66.2 Å². The van der Waals surface area contributed by atoms with E-state index in [-0.39, 0.29) is 11.7 Å². The van der Waals surface area contributed by atoms with Gasteiger partial charge in [0.05, 0.1) is 26.8 Å². The van der Waals surface area contributed by atoms with Gasteiger partial charge >= 0.3 is 0 Å². The lowest BCUT2D eigenvalue weighted by Crippen LogP contribution is -2.20. The van der Waals surface area contributed by atoms with Crippen LogP contribution in [-0.2, 0) is 0 Å². The molecule has 0 spiro atoms. The summed E-state index contributed by atoms with van der Waals surface area (Å²) in [5.74, 6) is 1.39. The summed E-state index contributed by atoms with van der Waals surface area (Å²) >= 11 is 5.64. The number of aromatic nitrogens is 2. The number of nitrogens with zero attached hydrogens (tertiary/aromatic N) is 3. The Morgan fingerprint density at radius 3 is 2.81 bits per heavy atom. The van der Waals surface area contributed by atoms with Crippen LogP contribution in [0.1, 0.15) is 31.7 Å². The van der Waals surface area contributed by atoms with Gasteiger partial charge in [0.25, 0.3) is 5.56 Å². The van der Waals surface area contributed by atoms with Gasteiger partial charge in [0.15, 0.2) is 0 Å². The molecule has 1 atom stereocenters. The van der Waals surface area contributed by atoms with Crippen molar-refractivity contribution in [3.8, 4) is 5.75 Å². The molecule has 7 heteroatoms. The topological polar surface area (TPSA) is 56.5 Å². The van der Waals surface area contributed by atoms with Crippen LogP contribution < -0.4 is 10.3 Å². The van der Waals surface area contributed by atoms with Gasteiger partial charge in [0.2, 0.25) is 0 Å². The van der Waals surface area contributed by atoms with Crippen molar-refractivity contribution in [1.82, 2.24) is 9.66 Å². The molecule has 0 bridgehead atoms. The Labute approximate surface area is 179 Å². The molecule has 0 aliphatic carbocycles. The molecular weight excluding hydrogens is 521 g/mol. The number of halogens is 2. The fraction of sp³-hybridized carbons (Fsp3) is 0.250. The highest BCUT2D eigenvalue weighted by molar-refractivity contribution is 14.1. The molecule has 0 aliphatic rings. The van der Waals surface area contributed by atoms with Crippen LogP contribution in [0.25, 0.3) is 10.9 Å². The number of hydrogen-bond acceptors (Lipinski definition) is 4. The smallest absolute Gasteiger partial charge is 0.282 e. The molecule has 0 amide bonds. The quantitative estimate of drug-likeness (QED) is 0.333. The maximum absolute atomic E-state index is 12.8. The van der Waals surface area contributed by atoms with Crippen LogP contribution in [0.2, 0.25) is 0 Å². The molecule has 3 aromatic rings. The molecule has 140 valence electrons. The summed E-state index contributed by atoms with van der Waals surface area (Å²) in [5, 5.41) is 4.89. The summed E-state index contributed by atoms with van der Waals surface area (Å²) in [7, 11) is 0. The van der Waals surface area contributed by atoms with Gasteiger partial charge in [0.1, 0.15) is 11.6 Å². The predicted molar refractivity (Wildman–Crippen MR) is 121 cm³/mol. The third-order valence-corrected chi connectivity index (χ3v) is 5.49. The fourth-order valence-electron chi connectivity index (χ4n) is 2.51. The maximum Gasteiger partial charge on any atom is 0.282 e. The molecule has 0 saturated heterocycles. The molecule has 0 radical (unpaired) electrons. The number of hydrogen-bond donors (Lipinski definition) is 0. The van der Waals surface area contributed by atoms with E-state index in [0.29, 0.717) is 16.7 Å². The minimum atomic E-state index is -0.193. The van der Waals surface area contributed by atoms with Crippen LogP contribution in [0.5, 0.6) is 5.75 Å². The molecule has 0 fully saturated rings. The second-order valence-corrected chi connectivity index (χ2v) is 8.29. The zero-order valence-electron chi connectivity index (χ0n) is 15.2. The summed E-state index contributed by atoms with van der Waals surface area (Å²) in [6.45, 7) is 5.91. The third kappa shape index (κ3) is 4.57. The average Bonchev–Trinajstić information content (AvgIpc) is 2.64. The highest BCUT2D eigenvalue weighted by Gasteiger charge is 2.09. The Bertz CT molecular complexity index is 1080. The Morgan fingerprint density at radius 1 is 1.33 bits per heavy atom. The van der Waals surface area contributed by atoms with Gasteiger partial charge in [-0.25, -0.2) is 4.98 Å². The van der Waals surface area contributed by atoms with E-state index < -0.39 is 0 Å². The van der Waals surface area contributed by atoms with Gasteiger partial charge in [-0.3, -0.25) is 4.79 Å². The van der Waals surface area contributed by atoms with Crippen LogP contribution in [0, 0.1) is 10.5 Å². The third-order valence-electron chi connectivity index (χ3n) is 4.15. The molecule has 1 heterocycles. The first-order valence-electron chi connectivity index (χ1n) is 8.58. The van der Waals surface area contributed by atoms with Gasteiger partial charge in [-0.15, -0.1) is 0 Å². The largest absolute Gasteiger partial charge is 0.490 e. The SMILES string of the molecule is CC[C@@H](C)Oc1ccc(C=Nn2c(C)nc3ccc(Br)cc3c2=O)cc1I. The first-order chi connectivity index (χ1) is 12.9. The van der Waals surface area contributed by atoms with E-state index in [2.05, 4.69) is 55.5 Å².